The van der Waals surface area contributed by atoms with Crippen LogP contribution in [0.15, 0.2) is 71.8 Å². The Hall–Kier alpha value is -3.80. The first-order valence-corrected chi connectivity index (χ1v) is 9.93. The van der Waals surface area contributed by atoms with Crippen molar-refractivity contribution in [1.29, 1.82) is 0 Å². The quantitative estimate of drug-likeness (QED) is 0.485. The molecule has 0 aliphatic carbocycles. The molecule has 30 heavy (non-hydrogen) atoms. The largest absolute Gasteiger partial charge is 0.339 e. The zero-order valence-corrected chi connectivity index (χ0v) is 16.2. The summed E-state index contributed by atoms with van der Waals surface area (Å²) in [6, 6.07) is 17.9. The Morgan fingerprint density at radius 1 is 0.933 bits per heavy atom. The van der Waals surface area contributed by atoms with Gasteiger partial charge in [0.15, 0.2) is 5.78 Å². The van der Waals surface area contributed by atoms with E-state index >= 15 is 0 Å². The van der Waals surface area contributed by atoms with Crippen LogP contribution in [0.5, 0.6) is 0 Å². The number of aromatic nitrogens is 3. The van der Waals surface area contributed by atoms with Crippen LogP contribution in [0.25, 0.3) is 10.9 Å². The molecule has 4 aromatic rings. The van der Waals surface area contributed by atoms with Gasteiger partial charge in [-0.2, -0.15) is 0 Å². The maximum atomic E-state index is 13.3. The number of fused-ring (bicyclic) bond motifs is 3. The predicted octanol–water partition coefficient (Wildman–Crippen LogP) is 3.26. The number of ketones is 2. The van der Waals surface area contributed by atoms with Crippen LogP contribution in [0.1, 0.15) is 38.5 Å². The Morgan fingerprint density at radius 3 is 2.30 bits per heavy atom. The summed E-state index contributed by atoms with van der Waals surface area (Å²) in [6.07, 6.45) is 2.97. The molecule has 0 spiro atoms. The third-order valence-corrected chi connectivity index (χ3v) is 5.60. The molecular formula is C24H19N3O3. The Morgan fingerprint density at radius 2 is 1.60 bits per heavy atom. The second kappa shape index (κ2) is 7.22. The lowest BCUT2D eigenvalue weighted by Crippen LogP contribution is -2.25. The van der Waals surface area contributed by atoms with E-state index in [1.807, 2.05) is 28.8 Å². The van der Waals surface area contributed by atoms with E-state index in [9.17, 15) is 14.4 Å². The molecule has 3 heterocycles. The average Bonchev–Trinajstić information content (AvgIpc) is 3.37. The van der Waals surface area contributed by atoms with Crippen LogP contribution in [0, 0.1) is 0 Å². The standard InChI is InChI=1S/C24H19N3O3/c28-19(16-8-3-1-4-9-16)14-26-15-25-21-20(24(26)30)18-12-7-13-27(18)22(21)23(29)17-10-5-2-6-11-17/h1-6,8-11,15H,7,12-14H2. The van der Waals surface area contributed by atoms with Crippen molar-refractivity contribution in [3.63, 3.8) is 0 Å². The zero-order valence-electron chi connectivity index (χ0n) is 16.2. The monoisotopic (exact) mass is 397 g/mol. The van der Waals surface area contributed by atoms with Gasteiger partial charge in [-0.3, -0.25) is 19.0 Å². The fourth-order valence-electron chi connectivity index (χ4n) is 4.18. The lowest BCUT2D eigenvalue weighted by molar-refractivity contribution is 0.0969. The summed E-state index contributed by atoms with van der Waals surface area (Å²) >= 11 is 0. The third-order valence-electron chi connectivity index (χ3n) is 5.60. The fourth-order valence-corrected chi connectivity index (χ4v) is 4.18. The molecule has 1 aliphatic heterocycles. The van der Waals surface area contributed by atoms with Crippen molar-refractivity contribution in [2.24, 2.45) is 0 Å². The van der Waals surface area contributed by atoms with Crippen LogP contribution in [0.4, 0.5) is 0 Å². The minimum Gasteiger partial charge on any atom is -0.339 e. The minimum absolute atomic E-state index is 0.0849. The van der Waals surface area contributed by atoms with Crippen molar-refractivity contribution in [1.82, 2.24) is 14.1 Å². The summed E-state index contributed by atoms with van der Waals surface area (Å²) in [5.41, 5.74) is 2.56. The molecule has 6 heteroatoms. The molecule has 2 aromatic heterocycles. The maximum Gasteiger partial charge on any atom is 0.263 e. The normalized spacial score (nSPS) is 12.8. The number of aryl methyl sites for hydroxylation is 1. The predicted molar refractivity (Wildman–Crippen MR) is 113 cm³/mol. The van der Waals surface area contributed by atoms with Crippen LogP contribution < -0.4 is 5.56 Å². The van der Waals surface area contributed by atoms with Crippen LogP contribution in [0.3, 0.4) is 0 Å². The number of carbonyl (C=O) groups is 2. The first-order chi connectivity index (χ1) is 14.6. The van der Waals surface area contributed by atoms with Gasteiger partial charge in [-0.1, -0.05) is 60.7 Å². The highest BCUT2D eigenvalue weighted by Crippen LogP contribution is 2.29. The smallest absolute Gasteiger partial charge is 0.263 e. The number of nitrogens with zero attached hydrogens (tertiary/aromatic N) is 3. The van der Waals surface area contributed by atoms with E-state index in [1.165, 1.54) is 10.9 Å². The van der Waals surface area contributed by atoms with Crippen molar-refractivity contribution in [3.8, 4) is 0 Å². The average molecular weight is 397 g/mol. The molecule has 0 N–H and O–H groups in total. The van der Waals surface area contributed by atoms with Crippen LogP contribution >= 0.6 is 0 Å². The van der Waals surface area contributed by atoms with Gasteiger partial charge in [-0.25, -0.2) is 4.98 Å². The van der Waals surface area contributed by atoms with E-state index in [-0.39, 0.29) is 23.7 Å². The zero-order chi connectivity index (χ0) is 20.7. The maximum absolute atomic E-state index is 13.3. The number of benzene rings is 2. The molecule has 2 aromatic carbocycles. The van der Waals surface area contributed by atoms with Crippen molar-refractivity contribution in [3.05, 3.63) is 99.9 Å². The Labute approximate surface area is 172 Å². The van der Waals surface area contributed by atoms with E-state index in [0.29, 0.717) is 40.7 Å². The van der Waals surface area contributed by atoms with Crippen molar-refractivity contribution in [2.45, 2.75) is 25.9 Å². The topological polar surface area (TPSA) is 74.0 Å². The third kappa shape index (κ3) is 2.88. The summed E-state index contributed by atoms with van der Waals surface area (Å²) in [7, 11) is 0. The van der Waals surface area contributed by atoms with E-state index in [0.717, 1.165) is 12.1 Å². The van der Waals surface area contributed by atoms with Crippen molar-refractivity contribution >= 4 is 22.5 Å². The lowest BCUT2D eigenvalue weighted by atomic mass is 10.1. The lowest BCUT2D eigenvalue weighted by Gasteiger charge is -2.07. The van der Waals surface area contributed by atoms with Gasteiger partial charge in [0.05, 0.1) is 18.3 Å². The molecule has 0 fully saturated rings. The molecule has 0 amide bonds. The van der Waals surface area contributed by atoms with E-state index < -0.39 is 0 Å². The Balaban J connectivity index is 1.62. The van der Waals surface area contributed by atoms with Gasteiger partial charge in [0.1, 0.15) is 11.2 Å². The molecule has 0 atom stereocenters. The SMILES string of the molecule is O=C(Cn1cnc2c(C(=O)c3ccccc3)n3c(c2c1=O)CCC3)c1ccccc1. The molecule has 1 aliphatic rings. The van der Waals surface area contributed by atoms with Gasteiger partial charge in [0, 0.05) is 23.4 Å². The molecule has 0 radical (unpaired) electrons. The van der Waals surface area contributed by atoms with Crippen molar-refractivity contribution in [2.75, 3.05) is 0 Å². The van der Waals surface area contributed by atoms with Crippen molar-refractivity contribution < 1.29 is 9.59 Å². The van der Waals surface area contributed by atoms with Crippen LogP contribution in [0.2, 0.25) is 0 Å². The number of carbonyl (C=O) groups excluding carboxylic acids is 2. The van der Waals surface area contributed by atoms with Gasteiger partial charge >= 0.3 is 0 Å². The van der Waals surface area contributed by atoms with Gasteiger partial charge in [0.2, 0.25) is 5.78 Å². The van der Waals surface area contributed by atoms with Crippen LogP contribution in [-0.4, -0.2) is 25.7 Å². The fraction of sp³-hybridized carbons (Fsp3) is 0.167. The van der Waals surface area contributed by atoms with E-state index in [2.05, 4.69) is 4.98 Å². The Kier molecular flexibility index (Phi) is 4.39. The number of hydrogen-bond donors (Lipinski definition) is 0. The molecule has 0 unspecified atom stereocenters. The summed E-state index contributed by atoms with van der Waals surface area (Å²) in [5, 5.41) is 0.454. The van der Waals surface area contributed by atoms with Gasteiger partial charge in [-0.15, -0.1) is 0 Å². The van der Waals surface area contributed by atoms with E-state index in [4.69, 9.17) is 0 Å². The second-order valence-corrected chi connectivity index (χ2v) is 7.44. The Bertz CT molecular complexity index is 1340. The highest BCUT2D eigenvalue weighted by Gasteiger charge is 2.29. The second-order valence-electron chi connectivity index (χ2n) is 7.44. The number of hydrogen-bond acceptors (Lipinski definition) is 4. The highest BCUT2D eigenvalue weighted by molar-refractivity contribution is 6.15. The molecule has 6 nitrogen and oxygen atoms in total. The van der Waals surface area contributed by atoms with E-state index in [1.54, 1.807) is 36.4 Å². The van der Waals surface area contributed by atoms with Gasteiger partial charge < -0.3 is 4.57 Å². The van der Waals surface area contributed by atoms with Gasteiger partial charge in [0.25, 0.3) is 5.56 Å². The van der Waals surface area contributed by atoms with Crippen LogP contribution in [-0.2, 0) is 19.5 Å². The molecular weight excluding hydrogens is 378 g/mol. The molecule has 0 bridgehead atoms. The molecule has 148 valence electrons. The molecule has 0 saturated carbocycles. The first-order valence-electron chi connectivity index (χ1n) is 9.93. The summed E-state index contributed by atoms with van der Waals surface area (Å²) in [5.74, 6) is -0.297. The molecule has 0 saturated heterocycles. The summed E-state index contributed by atoms with van der Waals surface area (Å²) < 4.78 is 3.27. The number of rotatable bonds is 5. The van der Waals surface area contributed by atoms with Gasteiger partial charge in [-0.05, 0) is 12.8 Å². The minimum atomic E-state index is -0.276. The highest BCUT2D eigenvalue weighted by atomic mass is 16.1. The summed E-state index contributed by atoms with van der Waals surface area (Å²) in [6.45, 7) is 0.598. The first kappa shape index (κ1) is 18.2. The summed E-state index contributed by atoms with van der Waals surface area (Å²) in [4.78, 5) is 43.5. The number of Topliss-reactive ketones (excluding diaryl/α,β-unsaturated/α-hetero) is 1. The molecule has 5 rings (SSSR count).